The highest BCUT2D eigenvalue weighted by Gasteiger charge is 2.20. The molecule has 20 heavy (non-hydrogen) atoms. The lowest BCUT2D eigenvalue weighted by molar-refractivity contribution is -0.0465. The van der Waals surface area contributed by atoms with E-state index >= 15 is 0 Å². The van der Waals surface area contributed by atoms with Crippen molar-refractivity contribution in [3.8, 4) is 5.75 Å². The molecular formula is C16H26N2O2. The van der Waals surface area contributed by atoms with E-state index in [1.165, 1.54) is 5.56 Å². The van der Waals surface area contributed by atoms with Gasteiger partial charge in [0.1, 0.15) is 18.5 Å². The molecule has 112 valence electrons. The Bertz CT molecular complexity index is 434. The van der Waals surface area contributed by atoms with Gasteiger partial charge in [0.2, 0.25) is 0 Å². The summed E-state index contributed by atoms with van der Waals surface area (Å²) in [5.41, 5.74) is 8.24. The van der Waals surface area contributed by atoms with Crippen molar-refractivity contribution in [3.05, 3.63) is 29.3 Å². The van der Waals surface area contributed by atoms with Crippen molar-refractivity contribution in [2.75, 3.05) is 32.8 Å². The molecular weight excluding hydrogens is 252 g/mol. The van der Waals surface area contributed by atoms with Gasteiger partial charge in [0.15, 0.2) is 0 Å². The summed E-state index contributed by atoms with van der Waals surface area (Å²) < 4.78 is 11.7. The largest absolute Gasteiger partial charge is 0.490 e. The van der Waals surface area contributed by atoms with E-state index in [0.29, 0.717) is 6.61 Å². The first kappa shape index (κ1) is 15.3. The number of ether oxygens (including phenoxy) is 2. The van der Waals surface area contributed by atoms with Gasteiger partial charge in [-0.3, -0.25) is 4.90 Å². The van der Waals surface area contributed by atoms with Crippen molar-refractivity contribution >= 4 is 0 Å². The van der Waals surface area contributed by atoms with E-state index in [1.807, 2.05) is 6.92 Å². The molecule has 1 aromatic carbocycles. The molecule has 0 bridgehead atoms. The molecule has 0 amide bonds. The highest BCUT2D eigenvalue weighted by Crippen LogP contribution is 2.25. The number of likely N-dealkylation sites (N-methyl/N-ethyl adjacent to an activating group) is 1. The van der Waals surface area contributed by atoms with Gasteiger partial charge in [0.05, 0.1) is 6.61 Å². The van der Waals surface area contributed by atoms with Crippen molar-refractivity contribution in [1.82, 2.24) is 4.90 Å². The second-order valence-electron chi connectivity index (χ2n) is 5.53. The number of morpholine rings is 1. The van der Waals surface area contributed by atoms with E-state index in [-0.39, 0.29) is 12.1 Å². The number of aryl methyl sites for hydroxylation is 1. The minimum atomic E-state index is -0.0231. The Morgan fingerprint density at radius 2 is 2.30 bits per heavy atom. The standard InChI is InChI=1S/C16H26N2O2/c1-4-18-7-8-19-14(10-18)11-20-16-9-12(2)5-6-15(16)13(3)17/h5-6,9,13-14H,4,7-8,10-11,17H2,1-3H3. The fraction of sp³-hybridized carbons (Fsp3) is 0.625. The van der Waals surface area contributed by atoms with Crippen LogP contribution in [0.4, 0.5) is 0 Å². The molecule has 1 aromatic rings. The van der Waals surface area contributed by atoms with Crippen molar-refractivity contribution < 1.29 is 9.47 Å². The summed E-state index contributed by atoms with van der Waals surface area (Å²) in [6, 6.07) is 6.15. The van der Waals surface area contributed by atoms with E-state index in [0.717, 1.165) is 37.6 Å². The smallest absolute Gasteiger partial charge is 0.124 e. The molecule has 4 nitrogen and oxygen atoms in total. The number of rotatable bonds is 5. The zero-order chi connectivity index (χ0) is 14.5. The maximum Gasteiger partial charge on any atom is 0.124 e. The van der Waals surface area contributed by atoms with Gasteiger partial charge in [-0.25, -0.2) is 0 Å². The summed E-state index contributed by atoms with van der Waals surface area (Å²) in [4.78, 5) is 2.39. The van der Waals surface area contributed by atoms with Gasteiger partial charge in [-0.15, -0.1) is 0 Å². The Morgan fingerprint density at radius 1 is 1.50 bits per heavy atom. The summed E-state index contributed by atoms with van der Waals surface area (Å²) in [7, 11) is 0. The molecule has 0 aromatic heterocycles. The molecule has 2 atom stereocenters. The van der Waals surface area contributed by atoms with Crippen LogP contribution in [0.2, 0.25) is 0 Å². The van der Waals surface area contributed by atoms with Gasteiger partial charge in [-0.1, -0.05) is 19.1 Å². The molecule has 0 saturated carbocycles. The van der Waals surface area contributed by atoms with E-state index in [2.05, 4.69) is 36.9 Å². The molecule has 1 heterocycles. The first-order valence-electron chi connectivity index (χ1n) is 7.43. The summed E-state index contributed by atoms with van der Waals surface area (Å²) in [6.45, 7) is 10.6. The van der Waals surface area contributed by atoms with Crippen LogP contribution < -0.4 is 10.5 Å². The molecule has 0 aliphatic carbocycles. The highest BCUT2D eigenvalue weighted by molar-refractivity contribution is 5.38. The van der Waals surface area contributed by atoms with Crippen LogP contribution >= 0.6 is 0 Å². The van der Waals surface area contributed by atoms with Crippen LogP contribution in [0.5, 0.6) is 5.75 Å². The van der Waals surface area contributed by atoms with Crippen LogP contribution in [0, 0.1) is 6.92 Å². The van der Waals surface area contributed by atoms with Crippen molar-refractivity contribution in [3.63, 3.8) is 0 Å². The van der Waals surface area contributed by atoms with E-state index < -0.39 is 0 Å². The van der Waals surface area contributed by atoms with Gasteiger partial charge in [0, 0.05) is 24.7 Å². The lowest BCUT2D eigenvalue weighted by Crippen LogP contribution is -2.44. The maximum absolute atomic E-state index is 6.00. The number of benzene rings is 1. The molecule has 1 aliphatic heterocycles. The minimum Gasteiger partial charge on any atom is -0.490 e. The molecule has 4 heteroatoms. The van der Waals surface area contributed by atoms with Gasteiger partial charge in [0.25, 0.3) is 0 Å². The van der Waals surface area contributed by atoms with Gasteiger partial charge in [-0.2, -0.15) is 0 Å². The monoisotopic (exact) mass is 278 g/mol. The molecule has 2 unspecified atom stereocenters. The second kappa shape index (κ2) is 7.07. The molecule has 0 spiro atoms. The Morgan fingerprint density at radius 3 is 3.00 bits per heavy atom. The van der Waals surface area contributed by atoms with Crippen molar-refractivity contribution in [2.45, 2.75) is 32.9 Å². The van der Waals surface area contributed by atoms with Crippen LogP contribution in [0.3, 0.4) is 0 Å². The van der Waals surface area contributed by atoms with Crippen LogP contribution in [-0.4, -0.2) is 43.9 Å². The van der Waals surface area contributed by atoms with E-state index in [9.17, 15) is 0 Å². The maximum atomic E-state index is 6.00. The van der Waals surface area contributed by atoms with Crippen molar-refractivity contribution in [2.24, 2.45) is 5.73 Å². The SMILES string of the molecule is CCN1CCOC(COc2cc(C)ccc2C(C)N)C1. The Kier molecular flexibility index (Phi) is 5.40. The number of nitrogens with two attached hydrogens (primary N) is 1. The molecule has 2 rings (SSSR count). The minimum absolute atomic E-state index is 0.0231. The lowest BCUT2D eigenvalue weighted by atomic mass is 10.1. The third-order valence-corrected chi connectivity index (χ3v) is 3.75. The zero-order valence-electron chi connectivity index (χ0n) is 12.8. The predicted octanol–water partition coefficient (Wildman–Crippen LogP) is 2.11. The molecule has 1 saturated heterocycles. The van der Waals surface area contributed by atoms with E-state index in [1.54, 1.807) is 0 Å². The number of nitrogens with zero attached hydrogens (tertiary/aromatic N) is 1. The third kappa shape index (κ3) is 3.95. The Hall–Kier alpha value is -1.10. The van der Waals surface area contributed by atoms with Crippen LogP contribution in [0.15, 0.2) is 18.2 Å². The summed E-state index contributed by atoms with van der Waals surface area (Å²) in [6.07, 6.45) is 0.144. The molecule has 1 fully saturated rings. The van der Waals surface area contributed by atoms with E-state index in [4.69, 9.17) is 15.2 Å². The zero-order valence-corrected chi connectivity index (χ0v) is 12.8. The fourth-order valence-corrected chi connectivity index (χ4v) is 2.49. The Balaban J connectivity index is 1.98. The predicted molar refractivity (Wildman–Crippen MR) is 81.1 cm³/mol. The molecule has 0 radical (unpaired) electrons. The van der Waals surface area contributed by atoms with Crippen molar-refractivity contribution in [1.29, 1.82) is 0 Å². The first-order valence-corrected chi connectivity index (χ1v) is 7.43. The number of hydrogen-bond donors (Lipinski definition) is 1. The Labute approximate surface area is 121 Å². The van der Waals surface area contributed by atoms with Gasteiger partial charge < -0.3 is 15.2 Å². The lowest BCUT2D eigenvalue weighted by Gasteiger charge is -2.32. The average molecular weight is 278 g/mol. The molecule has 1 aliphatic rings. The second-order valence-corrected chi connectivity index (χ2v) is 5.53. The summed E-state index contributed by atoms with van der Waals surface area (Å²) >= 11 is 0. The average Bonchev–Trinajstić information content (AvgIpc) is 2.45. The number of hydrogen-bond acceptors (Lipinski definition) is 4. The van der Waals surface area contributed by atoms with Gasteiger partial charge >= 0.3 is 0 Å². The van der Waals surface area contributed by atoms with Crippen LogP contribution in [0.1, 0.15) is 31.0 Å². The first-order chi connectivity index (χ1) is 9.60. The topological polar surface area (TPSA) is 47.7 Å². The van der Waals surface area contributed by atoms with Gasteiger partial charge in [-0.05, 0) is 32.0 Å². The molecule has 2 N–H and O–H groups in total. The quantitative estimate of drug-likeness (QED) is 0.896. The highest BCUT2D eigenvalue weighted by atomic mass is 16.5. The van der Waals surface area contributed by atoms with Crippen LogP contribution in [0.25, 0.3) is 0 Å². The third-order valence-electron chi connectivity index (χ3n) is 3.75. The fourth-order valence-electron chi connectivity index (χ4n) is 2.49. The summed E-state index contributed by atoms with van der Waals surface area (Å²) in [5, 5.41) is 0. The van der Waals surface area contributed by atoms with Crippen LogP contribution in [-0.2, 0) is 4.74 Å². The normalized spacial score (nSPS) is 21.7. The summed E-state index contributed by atoms with van der Waals surface area (Å²) in [5.74, 6) is 0.886.